The van der Waals surface area contributed by atoms with Crippen molar-refractivity contribution in [3.63, 3.8) is 0 Å². The number of rotatable bonds is 6. The molecule has 2 N–H and O–H groups in total. The molecule has 0 aliphatic rings. The number of ether oxygens (including phenoxy) is 2. The maximum absolute atomic E-state index is 12.7. The maximum atomic E-state index is 12.7. The van der Waals surface area contributed by atoms with Crippen molar-refractivity contribution in [2.45, 2.75) is 6.92 Å². The molecule has 0 saturated carbocycles. The van der Waals surface area contributed by atoms with Gasteiger partial charge in [0.05, 0.1) is 36.9 Å². The van der Waals surface area contributed by atoms with Gasteiger partial charge in [0.25, 0.3) is 5.91 Å². The van der Waals surface area contributed by atoms with Gasteiger partial charge in [-0.2, -0.15) is 0 Å². The lowest BCUT2D eigenvalue weighted by Crippen LogP contribution is -2.16. The Balaban J connectivity index is 2.38. The van der Waals surface area contributed by atoms with Crippen LogP contribution in [0, 0.1) is 6.92 Å². The molecule has 140 valence electrons. The zero-order valence-electron chi connectivity index (χ0n) is 14.7. The van der Waals surface area contributed by atoms with Gasteiger partial charge in [-0.25, -0.2) is 8.42 Å². The lowest BCUT2D eigenvalue weighted by atomic mass is 10.1. The molecule has 0 radical (unpaired) electrons. The molecule has 0 spiro atoms. The molecule has 0 heterocycles. The molecule has 0 aliphatic carbocycles. The second kappa shape index (κ2) is 7.84. The van der Waals surface area contributed by atoms with Crippen molar-refractivity contribution in [1.29, 1.82) is 0 Å². The van der Waals surface area contributed by atoms with Gasteiger partial charge in [-0.15, -0.1) is 0 Å². The van der Waals surface area contributed by atoms with Gasteiger partial charge >= 0.3 is 0 Å². The minimum absolute atomic E-state index is 0.314. The van der Waals surface area contributed by atoms with Crippen LogP contribution in [0.15, 0.2) is 30.3 Å². The lowest BCUT2D eigenvalue weighted by Gasteiger charge is -2.15. The summed E-state index contributed by atoms with van der Waals surface area (Å²) in [6.07, 6.45) is 1.05. The normalized spacial score (nSPS) is 11.0. The number of anilines is 2. The largest absolute Gasteiger partial charge is 0.495 e. The molecule has 9 heteroatoms. The van der Waals surface area contributed by atoms with Gasteiger partial charge in [0.15, 0.2) is 0 Å². The van der Waals surface area contributed by atoms with Gasteiger partial charge in [0.1, 0.15) is 11.5 Å². The Morgan fingerprint density at radius 3 is 2.31 bits per heavy atom. The molecule has 0 atom stereocenters. The molecule has 0 saturated heterocycles. The fraction of sp³-hybridized carbons (Fsp3) is 0.235. The minimum Gasteiger partial charge on any atom is -0.495 e. The molecule has 0 bridgehead atoms. The van der Waals surface area contributed by atoms with E-state index in [2.05, 4.69) is 10.0 Å². The molecular weight excluding hydrogens is 380 g/mol. The third-order valence-electron chi connectivity index (χ3n) is 3.60. The summed E-state index contributed by atoms with van der Waals surface area (Å²) in [5.74, 6) is 0.321. The number of hydrogen-bond donors (Lipinski definition) is 2. The molecule has 7 nitrogen and oxygen atoms in total. The third kappa shape index (κ3) is 4.59. The highest BCUT2D eigenvalue weighted by atomic mass is 35.5. The molecule has 1 amide bonds. The Hall–Kier alpha value is -2.45. The number of nitrogens with one attached hydrogen (secondary N) is 2. The Morgan fingerprint density at radius 2 is 1.73 bits per heavy atom. The van der Waals surface area contributed by atoms with Crippen LogP contribution in [0.4, 0.5) is 11.4 Å². The Morgan fingerprint density at radius 1 is 1.08 bits per heavy atom. The van der Waals surface area contributed by atoms with Crippen molar-refractivity contribution in [2.24, 2.45) is 0 Å². The van der Waals surface area contributed by atoms with Crippen LogP contribution < -0.4 is 19.5 Å². The van der Waals surface area contributed by atoms with Gasteiger partial charge in [-0.05, 0) is 24.6 Å². The van der Waals surface area contributed by atoms with E-state index in [9.17, 15) is 13.2 Å². The van der Waals surface area contributed by atoms with E-state index in [0.717, 1.165) is 6.26 Å². The number of carbonyl (C=O) groups excluding carboxylic acids is 1. The van der Waals surface area contributed by atoms with Gasteiger partial charge < -0.3 is 14.8 Å². The van der Waals surface area contributed by atoms with Gasteiger partial charge in [-0.1, -0.05) is 17.7 Å². The molecule has 0 fully saturated rings. The quantitative estimate of drug-likeness (QED) is 0.778. The van der Waals surface area contributed by atoms with Crippen molar-refractivity contribution in [3.05, 3.63) is 46.5 Å². The molecular formula is C17H19ClN2O5S. The molecule has 2 aromatic rings. The molecule has 0 unspecified atom stereocenters. The number of sulfonamides is 1. The highest BCUT2D eigenvalue weighted by Gasteiger charge is 2.17. The van der Waals surface area contributed by atoms with Gasteiger partial charge in [0.2, 0.25) is 10.0 Å². The first-order valence-corrected chi connectivity index (χ1v) is 9.73. The predicted molar refractivity (Wildman–Crippen MR) is 102 cm³/mol. The van der Waals surface area contributed by atoms with Crippen LogP contribution in [-0.4, -0.2) is 34.8 Å². The van der Waals surface area contributed by atoms with Crippen molar-refractivity contribution in [2.75, 3.05) is 30.5 Å². The van der Waals surface area contributed by atoms with Crippen LogP contribution in [0.25, 0.3) is 0 Å². The summed E-state index contributed by atoms with van der Waals surface area (Å²) >= 11 is 6.06. The zero-order valence-corrected chi connectivity index (χ0v) is 16.3. The van der Waals surface area contributed by atoms with E-state index in [4.69, 9.17) is 21.1 Å². The van der Waals surface area contributed by atoms with Crippen LogP contribution >= 0.6 is 11.6 Å². The van der Waals surface area contributed by atoms with Crippen molar-refractivity contribution in [1.82, 2.24) is 0 Å². The highest BCUT2D eigenvalue weighted by Crippen LogP contribution is 2.36. The SMILES string of the molecule is COc1cc(NC(=O)c2cccc(NS(C)(=O)=O)c2C)c(OC)cc1Cl. The average Bonchev–Trinajstić information content (AvgIpc) is 2.56. The minimum atomic E-state index is -3.46. The van der Waals surface area contributed by atoms with Crippen molar-refractivity contribution < 1.29 is 22.7 Å². The van der Waals surface area contributed by atoms with Gasteiger partial charge in [0, 0.05) is 17.7 Å². The smallest absolute Gasteiger partial charge is 0.256 e. The summed E-state index contributed by atoms with van der Waals surface area (Å²) in [6.45, 7) is 1.65. The summed E-state index contributed by atoms with van der Waals surface area (Å²) in [5, 5.41) is 3.08. The summed E-state index contributed by atoms with van der Waals surface area (Å²) in [7, 11) is -0.542. The van der Waals surface area contributed by atoms with Crippen molar-refractivity contribution in [3.8, 4) is 11.5 Å². The standard InChI is InChI=1S/C17H19ClN2O5S/c1-10-11(6-5-7-13(10)20-26(4,22)23)17(21)19-14-9-15(24-2)12(18)8-16(14)25-3/h5-9,20H,1-4H3,(H,19,21). The first-order chi connectivity index (χ1) is 12.2. The van der Waals surface area contributed by atoms with Crippen LogP contribution in [0.2, 0.25) is 5.02 Å². The third-order valence-corrected chi connectivity index (χ3v) is 4.48. The van der Waals surface area contributed by atoms with E-state index in [0.29, 0.717) is 39.0 Å². The first kappa shape index (κ1) is 19.9. The Bertz CT molecular complexity index is 944. The molecule has 26 heavy (non-hydrogen) atoms. The topological polar surface area (TPSA) is 93.7 Å². The Labute approximate surface area is 157 Å². The number of hydrogen-bond acceptors (Lipinski definition) is 5. The van der Waals surface area contributed by atoms with E-state index in [1.54, 1.807) is 31.2 Å². The molecule has 2 aromatic carbocycles. The first-order valence-electron chi connectivity index (χ1n) is 7.46. The molecule has 2 rings (SSSR count). The van der Waals surface area contributed by atoms with Crippen LogP contribution in [-0.2, 0) is 10.0 Å². The molecule has 0 aromatic heterocycles. The highest BCUT2D eigenvalue weighted by molar-refractivity contribution is 7.92. The summed E-state index contributed by atoms with van der Waals surface area (Å²) < 4.78 is 35.7. The maximum Gasteiger partial charge on any atom is 0.256 e. The summed E-state index contributed by atoms with van der Waals surface area (Å²) in [4.78, 5) is 12.7. The summed E-state index contributed by atoms with van der Waals surface area (Å²) in [6, 6.07) is 7.85. The predicted octanol–water partition coefficient (Wildman–Crippen LogP) is 3.29. The lowest BCUT2D eigenvalue weighted by molar-refractivity contribution is 0.102. The second-order valence-corrected chi connectivity index (χ2v) is 7.65. The van der Waals surface area contributed by atoms with Crippen LogP contribution in [0.5, 0.6) is 11.5 Å². The van der Waals surface area contributed by atoms with E-state index in [-0.39, 0.29) is 0 Å². The van der Waals surface area contributed by atoms with E-state index < -0.39 is 15.9 Å². The Kier molecular flexibility index (Phi) is 5.99. The van der Waals surface area contributed by atoms with E-state index in [1.807, 2.05) is 0 Å². The average molecular weight is 399 g/mol. The summed E-state index contributed by atoms with van der Waals surface area (Å²) in [5.41, 5.74) is 1.52. The monoisotopic (exact) mass is 398 g/mol. The number of benzene rings is 2. The number of carbonyl (C=O) groups is 1. The van der Waals surface area contributed by atoms with E-state index >= 15 is 0 Å². The van der Waals surface area contributed by atoms with Crippen LogP contribution in [0.3, 0.4) is 0 Å². The van der Waals surface area contributed by atoms with Crippen LogP contribution in [0.1, 0.15) is 15.9 Å². The fourth-order valence-corrected chi connectivity index (χ4v) is 3.19. The van der Waals surface area contributed by atoms with Crippen molar-refractivity contribution >= 4 is 38.9 Å². The number of methoxy groups -OCH3 is 2. The molecule has 0 aliphatic heterocycles. The fourth-order valence-electron chi connectivity index (χ4n) is 2.34. The van der Waals surface area contributed by atoms with E-state index in [1.165, 1.54) is 20.3 Å². The second-order valence-electron chi connectivity index (χ2n) is 5.49. The van der Waals surface area contributed by atoms with Gasteiger partial charge in [-0.3, -0.25) is 9.52 Å². The number of amides is 1. The number of halogens is 1. The zero-order chi connectivity index (χ0) is 19.5.